The summed E-state index contributed by atoms with van der Waals surface area (Å²) in [4.78, 5) is 52.2. The zero-order valence-electron chi connectivity index (χ0n) is 24.1. The summed E-state index contributed by atoms with van der Waals surface area (Å²) in [5.41, 5.74) is 1.06. The van der Waals surface area contributed by atoms with E-state index in [4.69, 9.17) is 28.4 Å². The number of rotatable bonds is 10. The maximum Gasteiger partial charge on any atom is 0.338 e. The maximum atomic E-state index is 13.3. The molecular weight excluding hydrogens is 580 g/mol. The monoisotopic (exact) mass is 610 g/mol. The van der Waals surface area contributed by atoms with Gasteiger partial charge in [0.2, 0.25) is 0 Å². The van der Waals surface area contributed by atoms with Gasteiger partial charge < -0.3 is 28.4 Å². The molecule has 0 amide bonds. The molecule has 1 saturated heterocycles. The van der Waals surface area contributed by atoms with Crippen LogP contribution in [0.15, 0.2) is 121 Å². The van der Waals surface area contributed by atoms with Gasteiger partial charge in [0.1, 0.15) is 32.2 Å². The first kappa shape index (κ1) is 31.1. The molecule has 0 aromatic heterocycles. The van der Waals surface area contributed by atoms with Crippen molar-refractivity contribution >= 4 is 23.9 Å². The SMILES string of the molecule is O=C(OC[C@@H]1OCO[C@@H](COC(=O)c2ccccc2)[C@@H](OC(=O)c2ccccc2)[C@H]1OC(=O)c1ccccc1)c1ccccc1. The van der Waals surface area contributed by atoms with E-state index in [9.17, 15) is 19.2 Å². The Balaban J connectivity index is 1.44. The van der Waals surface area contributed by atoms with Crippen LogP contribution in [0.1, 0.15) is 41.4 Å². The van der Waals surface area contributed by atoms with Gasteiger partial charge in [0, 0.05) is 0 Å². The molecule has 0 radical (unpaired) electrons. The molecule has 4 aromatic rings. The van der Waals surface area contributed by atoms with Crippen LogP contribution in [0.3, 0.4) is 0 Å². The summed E-state index contributed by atoms with van der Waals surface area (Å²) in [5.74, 6) is -2.76. The molecule has 0 spiro atoms. The lowest BCUT2D eigenvalue weighted by atomic mass is 10.0. The van der Waals surface area contributed by atoms with Gasteiger partial charge >= 0.3 is 23.9 Å². The van der Waals surface area contributed by atoms with Gasteiger partial charge in [-0.25, -0.2) is 19.2 Å². The third-order valence-corrected chi connectivity index (χ3v) is 6.90. The summed E-state index contributed by atoms with van der Waals surface area (Å²) in [5, 5.41) is 0. The predicted octanol–water partition coefficient (Wildman–Crippen LogP) is 4.89. The van der Waals surface area contributed by atoms with Crippen molar-refractivity contribution in [3.05, 3.63) is 144 Å². The fraction of sp³-hybridized carbons (Fsp3) is 0.200. The topological polar surface area (TPSA) is 124 Å². The zero-order chi connectivity index (χ0) is 31.4. The molecule has 0 unspecified atom stereocenters. The molecule has 0 N–H and O–H groups in total. The van der Waals surface area contributed by atoms with Crippen LogP contribution in [0.25, 0.3) is 0 Å². The second-order valence-electron chi connectivity index (χ2n) is 9.93. The quantitative estimate of drug-likeness (QED) is 0.181. The Morgan fingerprint density at radius 2 is 0.756 bits per heavy atom. The first-order chi connectivity index (χ1) is 22.0. The van der Waals surface area contributed by atoms with Crippen LogP contribution in [-0.2, 0) is 28.4 Å². The maximum absolute atomic E-state index is 13.3. The van der Waals surface area contributed by atoms with Gasteiger partial charge in [-0.2, -0.15) is 0 Å². The first-order valence-electron chi connectivity index (χ1n) is 14.2. The highest BCUT2D eigenvalue weighted by molar-refractivity contribution is 5.91. The zero-order valence-corrected chi connectivity index (χ0v) is 24.1. The van der Waals surface area contributed by atoms with Gasteiger partial charge in [0.15, 0.2) is 12.2 Å². The molecule has 1 aliphatic heterocycles. The molecule has 230 valence electrons. The Morgan fingerprint density at radius 3 is 1.07 bits per heavy atom. The van der Waals surface area contributed by atoms with Crippen molar-refractivity contribution in [2.75, 3.05) is 20.0 Å². The fourth-order valence-corrected chi connectivity index (χ4v) is 4.56. The number of carbonyl (C=O) groups is 4. The second-order valence-corrected chi connectivity index (χ2v) is 9.93. The Morgan fingerprint density at radius 1 is 0.467 bits per heavy atom. The van der Waals surface area contributed by atoms with Crippen LogP contribution >= 0.6 is 0 Å². The summed E-state index contributed by atoms with van der Waals surface area (Å²) in [6.45, 7) is -1.13. The Labute approximate surface area is 259 Å². The van der Waals surface area contributed by atoms with E-state index >= 15 is 0 Å². The molecule has 0 aliphatic carbocycles. The van der Waals surface area contributed by atoms with Crippen molar-refractivity contribution in [2.45, 2.75) is 24.4 Å². The van der Waals surface area contributed by atoms with Crippen molar-refractivity contribution in [3.63, 3.8) is 0 Å². The molecule has 4 aromatic carbocycles. The number of hydrogen-bond acceptors (Lipinski definition) is 10. The highest BCUT2D eigenvalue weighted by Crippen LogP contribution is 2.25. The smallest absolute Gasteiger partial charge is 0.338 e. The van der Waals surface area contributed by atoms with Crippen molar-refractivity contribution < 1.29 is 47.6 Å². The largest absolute Gasteiger partial charge is 0.459 e. The summed E-state index contributed by atoms with van der Waals surface area (Å²) in [6, 6.07) is 33.1. The van der Waals surface area contributed by atoms with Crippen LogP contribution in [0.4, 0.5) is 0 Å². The van der Waals surface area contributed by atoms with E-state index in [1.807, 2.05) is 0 Å². The molecule has 1 fully saturated rings. The Kier molecular flexibility index (Phi) is 10.7. The summed E-state index contributed by atoms with van der Waals surface area (Å²) >= 11 is 0. The minimum atomic E-state index is -1.35. The Hall–Kier alpha value is -5.32. The fourth-order valence-electron chi connectivity index (χ4n) is 4.56. The number of hydrogen-bond donors (Lipinski definition) is 0. The van der Waals surface area contributed by atoms with Crippen molar-refractivity contribution in [1.29, 1.82) is 0 Å². The number of carbonyl (C=O) groups excluding carboxylic acids is 4. The molecule has 1 aliphatic rings. The van der Waals surface area contributed by atoms with Crippen LogP contribution < -0.4 is 0 Å². The third-order valence-electron chi connectivity index (χ3n) is 6.90. The Bertz CT molecular complexity index is 1440. The van der Waals surface area contributed by atoms with E-state index < -0.39 is 48.3 Å². The van der Waals surface area contributed by atoms with Gasteiger partial charge in [-0.3, -0.25) is 0 Å². The minimum absolute atomic E-state index is 0.225. The summed E-state index contributed by atoms with van der Waals surface area (Å²) < 4.78 is 34.7. The molecule has 0 saturated carbocycles. The second kappa shape index (κ2) is 15.4. The van der Waals surface area contributed by atoms with Crippen LogP contribution in [-0.4, -0.2) is 68.3 Å². The van der Waals surface area contributed by atoms with Gasteiger partial charge in [-0.15, -0.1) is 0 Å². The van der Waals surface area contributed by atoms with E-state index in [2.05, 4.69) is 0 Å². The van der Waals surface area contributed by atoms with Crippen molar-refractivity contribution in [3.8, 4) is 0 Å². The molecule has 45 heavy (non-hydrogen) atoms. The molecular formula is C35H30O10. The number of benzene rings is 4. The molecule has 10 nitrogen and oxygen atoms in total. The summed E-state index contributed by atoms with van der Waals surface area (Å²) in [6.07, 6.45) is -4.96. The molecule has 0 bridgehead atoms. The van der Waals surface area contributed by atoms with Gasteiger partial charge in [-0.05, 0) is 48.5 Å². The van der Waals surface area contributed by atoms with Crippen molar-refractivity contribution in [1.82, 2.24) is 0 Å². The summed E-state index contributed by atoms with van der Waals surface area (Å²) in [7, 11) is 0. The van der Waals surface area contributed by atoms with E-state index in [0.717, 1.165) is 0 Å². The lowest BCUT2D eigenvalue weighted by molar-refractivity contribution is -0.125. The van der Waals surface area contributed by atoms with E-state index in [1.54, 1.807) is 121 Å². The number of esters is 4. The minimum Gasteiger partial charge on any atom is -0.459 e. The average Bonchev–Trinajstić information content (AvgIpc) is 3.25. The third kappa shape index (κ3) is 8.41. The lowest BCUT2D eigenvalue weighted by Gasteiger charge is -2.32. The van der Waals surface area contributed by atoms with Crippen LogP contribution in [0, 0.1) is 0 Å². The van der Waals surface area contributed by atoms with Gasteiger partial charge in [0.25, 0.3) is 0 Å². The first-order valence-corrected chi connectivity index (χ1v) is 14.2. The lowest BCUT2D eigenvalue weighted by Crippen LogP contribution is -2.51. The predicted molar refractivity (Wildman–Crippen MR) is 159 cm³/mol. The van der Waals surface area contributed by atoms with Crippen LogP contribution in [0.5, 0.6) is 0 Å². The highest BCUT2D eigenvalue weighted by Gasteiger charge is 2.46. The molecule has 10 heteroatoms. The molecule has 1 heterocycles. The normalized spacial score (nSPS) is 19.4. The number of ether oxygens (including phenoxy) is 6. The van der Waals surface area contributed by atoms with E-state index in [0.29, 0.717) is 11.1 Å². The van der Waals surface area contributed by atoms with E-state index in [-0.39, 0.29) is 31.1 Å². The molecule has 5 rings (SSSR count). The standard InChI is InChI=1S/C35H30O10/c36-32(24-13-5-1-6-14-24)40-21-28-30(44-34(38)26-17-9-3-10-18-26)31(45-35(39)27-19-11-4-12-20-27)29(43-23-42-28)22-41-33(37)25-15-7-2-8-16-25/h1-20,28-31H,21-23H2/t28-,29-,30-,31+/m0/s1. The van der Waals surface area contributed by atoms with E-state index in [1.165, 1.54) is 0 Å². The van der Waals surface area contributed by atoms with Crippen LogP contribution in [0.2, 0.25) is 0 Å². The molecule has 4 atom stereocenters. The van der Waals surface area contributed by atoms with Gasteiger partial charge in [0.05, 0.1) is 22.3 Å². The highest BCUT2D eigenvalue weighted by atomic mass is 16.7. The average molecular weight is 611 g/mol. The van der Waals surface area contributed by atoms with Crippen molar-refractivity contribution in [2.24, 2.45) is 0 Å². The van der Waals surface area contributed by atoms with Gasteiger partial charge in [-0.1, -0.05) is 72.8 Å².